The topological polar surface area (TPSA) is 83.5 Å². The number of sulfone groups is 1. The van der Waals surface area contributed by atoms with E-state index in [0.717, 1.165) is 6.26 Å². The molecule has 0 saturated carbocycles. The fourth-order valence-corrected chi connectivity index (χ4v) is 1.75. The maximum absolute atomic E-state index is 11.2. The Morgan fingerprint density at radius 3 is 2.33 bits per heavy atom. The standard InChI is InChI=1S/C9H19NO4S/c1-7(6-8(2)11)10-9(12)4-5-15(3,13)14/h7-8,11H,4-6H2,1-3H3,(H,10,12). The molecule has 0 radical (unpaired) electrons. The van der Waals surface area contributed by atoms with Crippen molar-refractivity contribution in [2.45, 2.75) is 38.8 Å². The van der Waals surface area contributed by atoms with E-state index in [4.69, 9.17) is 5.11 Å². The van der Waals surface area contributed by atoms with Gasteiger partial charge in [-0.05, 0) is 20.3 Å². The third-order valence-corrected chi connectivity index (χ3v) is 2.75. The first-order valence-corrected chi connectivity index (χ1v) is 6.92. The normalized spacial score (nSPS) is 15.7. The van der Waals surface area contributed by atoms with Crippen LogP contribution < -0.4 is 5.32 Å². The van der Waals surface area contributed by atoms with E-state index in [0.29, 0.717) is 6.42 Å². The molecule has 0 heterocycles. The van der Waals surface area contributed by atoms with Crippen molar-refractivity contribution in [3.8, 4) is 0 Å². The van der Waals surface area contributed by atoms with Gasteiger partial charge < -0.3 is 10.4 Å². The predicted molar refractivity (Wildman–Crippen MR) is 58.2 cm³/mol. The Morgan fingerprint density at radius 2 is 1.93 bits per heavy atom. The third-order valence-electron chi connectivity index (χ3n) is 1.80. The molecule has 0 aliphatic heterocycles. The summed E-state index contributed by atoms with van der Waals surface area (Å²) in [5, 5.41) is 11.7. The van der Waals surface area contributed by atoms with Crippen LogP contribution in [-0.2, 0) is 14.6 Å². The molecule has 0 aromatic rings. The number of rotatable bonds is 6. The average molecular weight is 237 g/mol. The number of aliphatic hydroxyl groups excluding tert-OH is 1. The number of nitrogens with one attached hydrogen (secondary N) is 1. The maximum Gasteiger partial charge on any atom is 0.221 e. The highest BCUT2D eigenvalue weighted by Gasteiger charge is 2.11. The zero-order valence-corrected chi connectivity index (χ0v) is 10.2. The Hall–Kier alpha value is -0.620. The van der Waals surface area contributed by atoms with E-state index in [1.807, 2.05) is 0 Å². The summed E-state index contributed by atoms with van der Waals surface area (Å²) in [6, 6.07) is -0.142. The van der Waals surface area contributed by atoms with Crippen molar-refractivity contribution in [1.29, 1.82) is 0 Å². The Bertz CT molecular complexity index is 297. The van der Waals surface area contributed by atoms with Gasteiger partial charge in [0.1, 0.15) is 9.84 Å². The molecule has 0 aromatic carbocycles. The highest BCUT2D eigenvalue weighted by atomic mass is 32.2. The fraction of sp³-hybridized carbons (Fsp3) is 0.889. The first-order valence-electron chi connectivity index (χ1n) is 4.86. The van der Waals surface area contributed by atoms with Crippen LogP contribution in [0.2, 0.25) is 0 Å². The molecule has 5 nitrogen and oxygen atoms in total. The number of hydrogen-bond donors (Lipinski definition) is 2. The van der Waals surface area contributed by atoms with Crippen LogP contribution in [0.3, 0.4) is 0 Å². The van der Waals surface area contributed by atoms with Gasteiger partial charge in [-0.1, -0.05) is 0 Å². The summed E-state index contributed by atoms with van der Waals surface area (Å²) in [6.45, 7) is 3.41. The molecule has 0 bridgehead atoms. The summed E-state index contributed by atoms with van der Waals surface area (Å²) in [4.78, 5) is 11.2. The molecule has 1 amide bonds. The van der Waals surface area contributed by atoms with E-state index < -0.39 is 15.9 Å². The molecule has 15 heavy (non-hydrogen) atoms. The summed E-state index contributed by atoms with van der Waals surface area (Å²) < 4.78 is 21.6. The highest BCUT2D eigenvalue weighted by Crippen LogP contribution is 1.97. The van der Waals surface area contributed by atoms with E-state index in [1.54, 1.807) is 13.8 Å². The van der Waals surface area contributed by atoms with Crippen LogP contribution >= 0.6 is 0 Å². The quantitative estimate of drug-likeness (QED) is 0.664. The molecule has 0 saturated heterocycles. The summed E-state index contributed by atoms with van der Waals surface area (Å²) in [6.07, 6.45) is 1.06. The molecule has 0 spiro atoms. The number of carbonyl (C=O) groups excluding carboxylic acids is 1. The van der Waals surface area contributed by atoms with Crippen molar-refractivity contribution < 1.29 is 18.3 Å². The first kappa shape index (κ1) is 14.4. The monoisotopic (exact) mass is 237 g/mol. The minimum absolute atomic E-state index is 0.0248. The summed E-state index contributed by atoms with van der Waals surface area (Å²) in [5.41, 5.74) is 0. The van der Waals surface area contributed by atoms with Crippen LogP contribution in [0.15, 0.2) is 0 Å². The lowest BCUT2D eigenvalue weighted by molar-refractivity contribution is -0.121. The lowest BCUT2D eigenvalue weighted by Gasteiger charge is -2.15. The predicted octanol–water partition coefficient (Wildman–Crippen LogP) is -0.303. The Morgan fingerprint density at radius 1 is 1.40 bits per heavy atom. The van der Waals surface area contributed by atoms with Crippen LogP contribution in [0.4, 0.5) is 0 Å². The Balaban J connectivity index is 3.84. The minimum Gasteiger partial charge on any atom is -0.393 e. The van der Waals surface area contributed by atoms with Gasteiger partial charge >= 0.3 is 0 Å². The van der Waals surface area contributed by atoms with E-state index in [1.165, 1.54) is 0 Å². The van der Waals surface area contributed by atoms with Crippen LogP contribution in [0.25, 0.3) is 0 Å². The number of aliphatic hydroxyl groups is 1. The van der Waals surface area contributed by atoms with Gasteiger partial charge in [0, 0.05) is 18.7 Å². The molecule has 90 valence electrons. The number of amides is 1. The molecular formula is C9H19NO4S. The lowest BCUT2D eigenvalue weighted by Crippen LogP contribution is -2.35. The summed E-state index contributed by atoms with van der Waals surface area (Å²) in [5.74, 6) is -0.436. The first-order chi connectivity index (χ1) is 6.70. The average Bonchev–Trinajstić information content (AvgIpc) is 1.97. The Kier molecular flexibility index (Phi) is 5.82. The third kappa shape index (κ3) is 9.68. The molecule has 2 N–H and O–H groups in total. The fourth-order valence-electron chi connectivity index (χ4n) is 1.20. The SMILES string of the molecule is CC(O)CC(C)NC(=O)CCS(C)(=O)=O. The summed E-state index contributed by atoms with van der Waals surface area (Å²) in [7, 11) is -3.09. The van der Waals surface area contributed by atoms with Crippen molar-refractivity contribution in [3.63, 3.8) is 0 Å². The second kappa shape index (κ2) is 6.07. The van der Waals surface area contributed by atoms with Crippen molar-refractivity contribution >= 4 is 15.7 Å². The van der Waals surface area contributed by atoms with E-state index in [-0.39, 0.29) is 24.1 Å². The van der Waals surface area contributed by atoms with Gasteiger partial charge in [-0.3, -0.25) is 4.79 Å². The van der Waals surface area contributed by atoms with Crippen LogP contribution in [0, 0.1) is 0 Å². The lowest BCUT2D eigenvalue weighted by atomic mass is 10.1. The molecule has 6 heteroatoms. The molecule has 2 unspecified atom stereocenters. The zero-order valence-electron chi connectivity index (χ0n) is 9.36. The van der Waals surface area contributed by atoms with Crippen LogP contribution in [-0.4, -0.2) is 43.6 Å². The van der Waals surface area contributed by atoms with E-state index in [9.17, 15) is 13.2 Å². The molecule has 0 aromatic heterocycles. The van der Waals surface area contributed by atoms with Crippen molar-refractivity contribution in [1.82, 2.24) is 5.32 Å². The van der Waals surface area contributed by atoms with Crippen LogP contribution in [0.5, 0.6) is 0 Å². The largest absolute Gasteiger partial charge is 0.393 e. The second-order valence-electron chi connectivity index (χ2n) is 3.93. The zero-order chi connectivity index (χ0) is 12.1. The molecule has 2 atom stereocenters. The van der Waals surface area contributed by atoms with Gasteiger partial charge in [0.05, 0.1) is 11.9 Å². The van der Waals surface area contributed by atoms with E-state index >= 15 is 0 Å². The number of hydrogen-bond acceptors (Lipinski definition) is 4. The van der Waals surface area contributed by atoms with Crippen molar-refractivity contribution in [3.05, 3.63) is 0 Å². The van der Waals surface area contributed by atoms with Gasteiger partial charge in [-0.15, -0.1) is 0 Å². The summed E-state index contributed by atoms with van der Waals surface area (Å²) >= 11 is 0. The van der Waals surface area contributed by atoms with Crippen molar-refractivity contribution in [2.75, 3.05) is 12.0 Å². The van der Waals surface area contributed by atoms with Gasteiger partial charge in [-0.25, -0.2) is 8.42 Å². The maximum atomic E-state index is 11.2. The van der Waals surface area contributed by atoms with Gasteiger partial charge in [0.25, 0.3) is 0 Å². The van der Waals surface area contributed by atoms with Gasteiger partial charge in [0.2, 0.25) is 5.91 Å². The minimum atomic E-state index is -3.09. The molecule has 0 aliphatic rings. The molecule has 0 rings (SSSR count). The van der Waals surface area contributed by atoms with Crippen LogP contribution in [0.1, 0.15) is 26.7 Å². The van der Waals surface area contributed by atoms with E-state index in [2.05, 4.69) is 5.32 Å². The molecule has 0 fully saturated rings. The van der Waals surface area contributed by atoms with Crippen molar-refractivity contribution in [2.24, 2.45) is 0 Å². The smallest absolute Gasteiger partial charge is 0.221 e. The molecule has 0 aliphatic carbocycles. The Labute approximate surface area is 90.8 Å². The highest BCUT2D eigenvalue weighted by molar-refractivity contribution is 7.90. The van der Waals surface area contributed by atoms with Gasteiger partial charge in [-0.2, -0.15) is 0 Å². The number of carbonyl (C=O) groups is 1. The van der Waals surface area contributed by atoms with Gasteiger partial charge in [0.15, 0.2) is 0 Å². The second-order valence-corrected chi connectivity index (χ2v) is 6.19. The molecular weight excluding hydrogens is 218 g/mol.